The largest absolute Gasteiger partial charge is 0.466 e. The summed E-state index contributed by atoms with van der Waals surface area (Å²) in [6.07, 6.45) is 6.57. The minimum Gasteiger partial charge on any atom is -0.466 e. The highest BCUT2D eigenvalue weighted by molar-refractivity contribution is 5.75. The average molecular weight is 445 g/mol. The van der Waals surface area contributed by atoms with Crippen molar-refractivity contribution in [2.24, 2.45) is 5.92 Å². The molecule has 1 aliphatic rings. The number of hydrogen-bond donors (Lipinski definition) is 2. The molecule has 0 aromatic rings. The summed E-state index contributed by atoms with van der Waals surface area (Å²) in [7, 11) is 0. The molecule has 0 bridgehead atoms. The zero-order valence-corrected chi connectivity index (χ0v) is 20.0. The van der Waals surface area contributed by atoms with Crippen LogP contribution in [0.2, 0.25) is 0 Å². The number of nitrogens with one attached hydrogen (secondary N) is 1. The summed E-state index contributed by atoms with van der Waals surface area (Å²) in [6, 6.07) is 0.165. The number of unbranched alkanes of at least 4 members (excludes halogenated alkanes) is 1. The summed E-state index contributed by atoms with van der Waals surface area (Å²) >= 11 is 0. The van der Waals surface area contributed by atoms with Crippen molar-refractivity contribution in [3.8, 4) is 0 Å². The maximum atomic E-state index is 11.8. The van der Waals surface area contributed by atoms with Gasteiger partial charge in [-0.25, -0.2) is 4.79 Å². The molecule has 1 heterocycles. The van der Waals surface area contributed by atoms with Gasteiger partial charge in [-0.15, -0.1) is 0 Å². The number of carbonyl (C=O) groups excluding carboxylic acids is 3. The third-order valence-electron chi connectivity index (χ3n) is 4.81. The molecule has 0 aliphatic carbocycles. The number of esters is 1. The van der Waals surface area contributed by atoms with Crippen molar-refractivity contribution in [1.29, 1.82) is 0 Å². The lowest BCUT2D eigenvalue weighted by Crippen LogP contribution is -2.44. The maximum Gasteiger partial charge on any atom is 0.410 e. The Labute approximate surface area is 188 Å². The Kier molecular flexibility index (Phi) is 18.0. The number of Topliss-reactive ketones (excluding diaryl/α,β-unsaturated/α-hetero) is 1. The highest BCUT2D eigenvalue weighted by Gasteiger charge is 2.27. The van der Waals surface area contributed by atoms with Gasteiger partial charge in [-0.3, -0.25) is 4.79 Å². The predicted octanol–water partition coefficient (Wildman–Crippen LogP) is 3.30. The van der Waals surface area contributed by atoms with Crippen LogP contribution in [0.4, 0.5) is 4.79 Å². The predicted molar refractivity (Wildman–Crippen MR) is 121 cm³/mol. The lowest BCUT2D eigenvalue weighted by Gasteiger charge is -2.34. The number of hydrogen-bond acceptors (Lipinski definition) is 7. The van der Waals surface area contributed by atoms with Gasteiger partial charge in [0.25, 0.3) is 0 Å². The topological polar surface area (TPSA) is 105 Å². The second kappa shape index (κ2) is 19.0. The van der Waals surface area contributed by atoms with Gasteiger partial charge in [0.15, 0.2) is 0 Å². The summed E-state index contributed by atoms with van der Waals surface area (Å²) in [5.74, 6) is 0.445. The Balaban J connectivity index is 0.000000582. The quantitative estimate of drug-likeness (QED) is 0.332. The van der Waals surface area contributed by atoms with Crippen molar-refractivity contribution in [1.82, 2.24) is 10.2 Å². The summed E-state index contributed by atoms with van der Waals surface area (Å²) in [4.78, 5) is 35.1. The van der Waals surface area contributed by atoms with E-state index < -0.39 is 0 Å². The number of aliphatic hydroxyl groups excluding tert-OH is 1. The fourth-order valence-electron chi connectivity index (χ4n) is 3.18. The number of likely N-dealkylation sites (tertiary alicyclic amines) is 1. The van der Waals surface area contributed by atoms with E-state index in [1.165, 1.54) is 0 Å². The third-order valence-corrected chi connectivity index (χ3v) is 4.81. The molecule has 0 aromatic heterocycles. The Morgan fingerprint density at radius 2 is 1.84 bits per heavy atom. The molecule has 0 radical (unpaired) electrons. The summed E-state index contributed by atoms with van der Waals surface area (Å²) in [5.41, 5.74) is 0. The summed E-state index contributed by atoms with van der Waals surface area (Å²) in [5, 5.41) is 12.1. The van der Waals surface area contributed by atoms with E-state index in [2.05, 4.69) is 5.32 Å². The number of ketones is 1. The minimum absolute atomic E-state index is 0.138. The molecule has 1 unspecified atom stereocenters. The van der Waals surface area contributed by atoms with E-state index in [0.29, 0.717) is 44.9 Å². The normalized spacial score (nSPS) is 15.8. The first-order valence-corrected chi connectivity index (χ1v) is 11.7. The van der Waals surface area contributed by atoms with Crippen LogP contribution < -0.4 is 5.32 Å². The molecule has 1 fully saturated rings. The number of nitrogens with zero attached hydrogens (tertiary/aromatic N) is 1. The van der Waals surface area contributed by atoms with Crippen LogP contribution in [0.1, 0.15) is 79.1 Å². The first kappa shape index (κ1) is 29.3. The van der Waals surface area contributed by atoms with Gasteiger partial charge in [0.1, 0.15) is 5.78 Å². The van der Waals surface area contributed by atoms with Crippen molar-refractivity contribution in [2.45, 2.75) is 85.1 Å². The minimum atomic E-state index is -0.216. The van der Waals surface area contributed by atoms with E-state index in [-0.39, 0.29) is 30.5 Å². The van der Waals surface area contributed by atoms with Gasteiger partial charge >= 0.3 is 12.1 Å². The lowest BCUT2D eigenvalue weighted by atomic mass is 10.0. The SMILES string of the molecule is CC(C)COC(=O)N1CCCCC1CCO.CCOC(=O)CCNCCCCC(C)=O. The molecule has 1 rings (SSSR count). The Hall–Kier alpha value is -1.67. The molecular weight excluding hydrogens is 400 g/mol. The van der Waals surface area contributed by atoms with Gasteiger partial charge in [-0.2, -0.15) is 0 Å². The van der Waals surface area contributed by atoms with Crippen LogP contribution in [0.5, 0.6) is 0 Å². The molecule has 0 aromatic carbocycles. The van der Waals surface area contributed by atoms with Crippen LogP contribution >= 0.6 is 0 Å². The first-order valence-electron chi connectivity index (χ1n) is 11.7. The van der Waals surface area contributed by atoms with Crippen molar-refractivity contribution in [3.05, 3.63) is 0 Å². The highest BCUT2D eigenvalue weighted by atomic mass is 16.6. The summed E-state index contributed by atoms with van der Waals surface area (Å²) in [6.45, 7) is 10.8. The number of carbonyl (C=O) groups is 3. The van der Waals surface area contributed by atoms with Crippen LogP contribution in [0.3, 0.4) is 0 Å². The summed E-state index contributed by atoms with van der Waals surface area (Å²) < 4.78 is 10.0. The molecule has 1 atom stereocenters. The van der Waals surface area contributed by atoms with Crippen LogP contribution in [-0.4, -0.2) is 73.3 Å². The van der Waals surface area contributed by atoms with Crippen LogP contribution in [0, 0.1) is 5.92 Å². The number of aliphatic hydroxyl groups is 1. The molecule has 0 spiro atoms. The smallest absolute Gasteiger partial charge is 0.410 e. The zero-order valence-electron chi connectivity index (χ0n) is 20.0. The molecule has 8 nitrogen and oxygen atoms in total. The molecule has 1 aliphatic heterocycles. The molecule has 1 amide bonds. The molecule has 1 saturated heterocycles. The van der Waals surface area contributed by atoms with Gasteiger partial charge in [-0.05, 0) is 64.8 Å². The van der Waals surface area contributed by atoms with E-state index in [4.69, 9.17) is 14.6 Å². The Morgan fingerprint density at radius 1 is 1.10 bits per heavy atom. The van der Waals surface area contributed by atoms with Gasteiger partial charge in [0.2, 0.25) is 0 Å². The molecule has 0 saturated carbocycles. The van der Waals surface area contributed by atoms with E-state index in [0.717, 1.165) is 45.2 Å². The van der Waals surface area contributed by atoms with Crippen LogP contribution in [0.15, 0.2) is 0 Å². The van der Waals surface area contributed by atoms with Crippen LogP contribution in [0.25, 0.3) is 0 Å². The second-order valence-electron chi connectivity index (χ2n) is 8.29. The fourth-order valence-corrected chi connectivity index (χ4v) is 3.18. The average Bonchev–Trinajstić information content (AvgIpc) is 2.72. The number of amides is 1. The first-order chi connectivity index (χ1) is 14.8. The molecule has 182 valence electrons. The molecule has 8 heteroatoms. The van der Waals surface area contributed by atoms with E-state index >= 15 is 0 Å². The van der Waals surface area contributed by atoms with Crippen molar-refractivity contribution in [3.63, 3.8) is 0 Å². The fraction of sp³-hybridized carbons (Fsp3) is 0.870. The van der Waals surface area contributed by atoms with Gasteiger partial charge in [0.05, 0.1) is 19.6 Å². The highest BCUT2D eigenvalue weighted by Crippen LogP contribution is 2.20. The Bertz CT molecular complexity index is 496. The van der Waals surface area contributed by atoms with E-state index in [1.54, 1.807) is 18.7 Å². The van der Waals surface area contributed by atoms with Crippen molar-refractivity contribution in [2.75, 3.05) is 39.5 Å². The van der Waals surface area contributed by atoms with Crippen LogP contribution in [-0.2, 0) is 19.1 Å². The molecular formula is C23H44N2O6. The lowest BCUT2D eigenvalue weighted by molar-refractivity contribution is -0.143. The third kappa shape index (κ3) is 16.7. The van der Waals surface area contributed by atoms with E-state index in [1.807, 2.05) is 13.8 Å². The van der Waals surface area contributed by atoms with Crippen molar-refractivity contribution < 1.29 is 29.0 Å². The maximum absolute atomic E-state index is 11.8. The van der Waals surface area contributed by atoms with Gasteiger partial charge < -0.3 is 29.6 Å². The number of piperidine rings is 1. The molecule has 2 N–H and O–H groups in total. The van der Waals surface area contributed by atoms with E-state index in [9.17, 15) is 14.4 Å². The van der Waals surface area contributed by atoms with Gasteiger partial charge in [0, 0.05) is 32.2 Å². The zero-order chi connectivity index (χ0) is 23.5. The second-order valence-corrected chi connectivity index (χ2v) is 8.29. The molecule has 31 heavy (non-hydrogen) atoms. The standard InChI is InChI=1S/C12H23NO3.C11H21NO3/c1-10(2)9-16-12(15)13-7-4-3-5-11(13)6-8-14;1-3-15-11(14)7-9-12-8-5-4-6-10(2)13/h10-11,14H,3-9H2,1-2H3;12H,3-9H2,1-2H3. The number of ether oxygens (including phenoxy) is 2. The number of rotatable bonds is 13. The van der Waals surface area contributed by atoms with Crippen molar-refractivity contribution >= 4 is 17.8 Å². The monoisotopic (exact) mass is 444 g/mol. The van der Waals surface area contributed by atoms with Gasteiger partial charge in [-0.1, -0.05) is 13.8 Å². The Morgan fingerprint density at radius 3 is 2.45 bits per heavy atom.